The van der Waals surface area contributed by atoms with Gasteiger partial charge in [-0.25, -0.2) is 13.4 Å². The predicted molar refractivity (Wildman–Crippen MR) is 98.9 cm³/mol. The molecule has 140 valence electrons. The Morgan fingerprint density at radius 3 is 2.58 bits per heavy atom. The van der Waals surface area contributed by atoms with E-state index in [1.165, 1.54) is 22.9 Å². The minimum Gasteiger partial charge on any atom is -0.339 e. The minimum absolute atomic E-state index is 0.0144. The number of carbonyl (C=O) groups is 1. The molecule has 3 rings (SSSR count). The summed E-state index contributed by atoms with van der Waals surface area (Å²) in [4.78, 5) is 18.3. The van der Waals surface area contributed by atoms with Gasteiger partial charge in [0.25, 0.3) is 15.9 Å². The van der Waals surface area contributed by atoms with Crippen LogP contribution >= 0.6 is 23.2 Å². The van der Waals surface area contributed by atoms with Gasteiger partial charge in [0.15, 0.2) is 5.03 Å². The van der Waals surface area contributed by atoms with Gasteiger partial charge in [0.05, 0.1) is 16.9 Å². The molecule has 1 aromatic carbocycles. The highest BCUT2D eigenvalue weighted by Gasteiger charge is 2.30. The molecular formula is C16H18Cl2N4O3S. The lowest BCUT2D eigenvalue weighted by Gasteiger charge is -2.22. The summed E-state index contributed by atoms with van der Waals surface area (Å²) in [6, 6.07) is 4.71. The van der Waals surface area contributed by atoms with Crippen molar-refractivity contribution in [3.63, 3.8) is 0 Å². The summed E-state index contributed by atoms with van der Waals surface area (Å²) in [5.41, 5.74) is 0.358. The van der Waals surface area contributed by atoms with Gasteiger partial charge in [-0.2, -0.15) is 4.31 Å². The van der Waals surface area contributed by atoms with E-state index in [9.17, 15) is 13.2 Å². The molecule has 0 N–H and O–H groups in total. The molecule has 1 fully saturated rings. The van der Waals surface area contributed by atoms with Crippen molar-refractivity contribution < 1.29 is 13.2 Å². The normalized spacial score (nSPS) is 16.5. The predicted octanol–water partition coefficient (Wildman–Crippen LogP) is 2.26. The van der Waals surface area contributed by atoms with Gasteiger partial charge >= 0.3 is 0 Å². The zero-order valence-electron chi connectivity index (χ0n) is 14.1. The average molecular weight is 417 g/mol. The van der Waals surface area contributed by atoms with E-state index in [1.807, 2.05) is 0 Å². The first-order valence-electron chi connectivity index (χ1n) is 8.01. The number of benzene rings is 1. The standard InChI is InChI=1S/C16H18Cl2N4O3S/c1-20-10-15(19-11-20)26(24,25)22-6-2-5-21(7-8-22)16(23)13-4-3-12(17)9-14(13)18/h3-4,9-11H,2,5-8H2,1H3. The number of hydrogen-bond donors (Lipinski definition) is 0. The third kappa shape index (κ3) is 3.88. The van der Waals surface area contributed by atoms with Crippen LogP contribution in [-0.4, -0.2) is 59.3 Å². The Kier molecular flexibility index (Phi) is 5.57. The van der Waals surface area contributed by atoms with Crippen molar-refractivity contribution in [1.29, 1.82) is 0 Å². The summed E-state index contributed by atoms with van der Waals surface area (Å²) in [5.74, 6) is -0.233. The average Bonchev–Trinajstić information content (AvgIpc) is 2.88. The van der Waals surface area contributed by atoms with Crippen molar-refractivity contribution >= 4 is 39.1 Å². The minimum atomic E-state index is -3.67. The van der Waals surface area contributed by atoms with Gasteiger partial charge in [-0.15, -0.1) is 0 Å². The number of rotatable bonds is 3. The summed E-state index contributed by atoms with van der Waals surface area (Å²) in [5, 5.41) is 0.750. The Balaban J connectivity index is 1.75. The Hall–Kier alpha value is -1.61. The van der Waals surface area contributed by atoms with Crippen molar-refractivity contribution in [2.75, 3.05) is 26.2 Å². The van der Waals surface area contributed by atoms with E-state index < -0.39 is 10.0 Å². The van der Waals surface area contributed by atoms with E-state index in [1.54, 1.807) is 28.6 Å². The molecule has 2 aromatic rings. The fourth-order valence-corrected chi connectivity index (χ4v) is 4.75. The van der Waals surface area contributed by atoms with Gasteiger partial charge in [0.1, 0.15) is 0 Å². The smallest absolute Gasteiger partial charge is 0.262 e. The number of halogens is 2. The number of aromatic nitrogens is 2. The largest absolute Gasteiger partial charge is 0.339 e. The molecule has 0 saturated carbocycles. The summed E-state index contributed by atoms with van der Waals surface area (Å²) in [7, 11) is -1.96. The molecule has 2 heterocycles. The third-order valence-corrected chi connectivity index (χ3v) is 6.52. The summed E-state index contributed by atoms with van der Waals surface area (Å²) in [6.07, 6.45) is 3.45. The van der Waals surface area contributed by atoms with Crippen molar-refractivity contribution in [2.45, 2.75) is 11.4 Å². The molecule has 0 aliphatic carbocycles. The first-order chi connectivity index (χ1) is 12.3. The Labute approximate surface area is 162 Å². The second kappa shape index (κ2) is 7.56. The van der Waals surface area contributed by atoms with Crippen LogP contribution in [0.15, 0.2) is 35.7 Å². The van der Waals surface area contributed by atoms with Crippen LogP contribution in [0.1, 0.15) is 16.8 Å². The molecule has 1 amide bonds. The van der Waals surface area contributed by atoms with Gasteiger partial charge in [-0.3, -0.25) is 4.79 Å². The van der Waals surface area contributed by atoms with Gasteiger partial charge in [-0.1, -0.05) is 23.2 Å². The van der Waals surface area contributed by atoms with Crippen molar-refractivity contribution in [3.05, 3.63) is 46.3 Å². The van der Waals surface area contributed by atoms with E-state index in [2.05, 4.69) is 4.98 Å². The molecule has 0 spiro atoms. The molecule has 0 bridgehead atoms. The Bertz CT molecular complexity index is 929. The third-order valence-electron chi connectivity index (χ3n) is 4.19. The molecule has 10 heteroatoms. The van der Waals surface area contributed by atoms with E-state index in [4.69, 9.17) is 23.2 Å². The second-order valence-corrected chi connectivity index (χ2v) is 8.78. The fraction of sp³-hybridized carbons (Fsp3) is 0.375. The number of carbonyl (C=O) groups excluding carboxylic acids is 1. The van der Waals surface area contributed by atoms with E-state index in [0.717, 1.165) is 0 Å². The lowest BCUT2D eigenvalue weighted by atomic mass is 10.2. The summed E-state index contributed by atoms with van der Waals surface area (Å²) >= 11 is 12.0. The van der Waals surface area contributed by atoms with E-state index in [-0.39, 0.29) is 29.0 Å². The number of imidazole rings is 1. The quantitative estimate of drug-likeness (QED) is 0.768. The topological polar surface area (TPSA) is 75.5 Å². The van der Waals surface area contributed by atoms with Crippen LogP contribution in [0.2, 0.25) is 10.0 Å². The molecule has 26 heavy (non-hydrogen) atoms. The van der Waals surface area contributed by atoms with Crippen LogP contribution < -0.4 is 0 Å². The first kappa shape index (κ1) is 19.2. The lowest BCUT2D eigenvalue weighted by molar-refractivity contribution is 0.0764. The molecule has 1 aliphatic heterocycles. The molecule has 0 atom stereocenters. The van der Waals surface area contributed by atoms with Crippen molar-refractivity contribution in [3.8, 4) is 0 Å². The number of amides is 1. The van der Waals surface area contributed by atoms with Gasteiger partial charge in [-0.05, 0) is 24.6 Å². The molecule has 0 unspecified atom stereocenters. The molecule has 1 aromatic heterocycles. The van der Waals surface area contributed by atoms with Crippen LogP contribution in [0, 0.1) is 0 Å². The Morgan fingerprint density at radius 1 is 1.15 bits per heavy atom. The summed E-state index contributed by atoms with van der Waals surface area (Å²) < 4.78 is 28.4. The molecular weight excluding hydrogens is 399 g/mol. The lowest BCUT2D eigenvalue weighted by Crippen LogP contribution is -2.37. The second-order valence-electron chi connectivity index (χ2n) is 6.05. The Morgan fingerprint density at radius 2 is 1.92 bits per heavy atom. The van der Waals surface area contributed by atoms with E-state index in [0.29, 0.717) is 30.1 Å². The fourth-order valence-electron chi connectivity index (χ4n) is 2.82. The van der Waals surface area contributed by atoms with Gasteiger partial charge < -0.3 is 9.47 Å². The van der Waals surface area contributed by atoms with Crippen molar-refractivity contribution in [2.24, 2.45) is 7.05 Å². The number of hydrogen-bond acceptors (Lipinski definition) is 4. The number of sulfonamides is 1. The van der Waals surface area contributed by atoms with E-state index >= 15 is 0 Å². The van der Waals surface area contributed by atoms with Crippen LogP contribution in [0.25, 0.3) is 0 Å². The van der Waals surface area contributed by atoms with Gasteiger partial charge in [0.2, 0.25) is 0 Å². The van der Waals surface area contributed by atoms with Gasteiger partial charge in [0, 0.05) is 44.4 Å². The molecule has 1 aliphatic rings. The maximum atomic E-state index is 12.7. The molecule has 1 saturated heterocycles. The highest BCUT2D eigenvalue weighted by Crippen LogP contribution is 2.23. The SMILES string of the molecule is Cn1cnc(S(=O)(=O)N2CCCN(C(=O)c3ccc(Cl)cc3Cl)CC2)c1. The van der Waals surface area contributed by atoms with Crippen LogP contribution in [0.4, 0.5) is 0 Å². The highest BCUT2D eigenvalue weighted by molar-refractivity contribution is 7.89. The zero-order valence-corrected chi connectivity index (χ0v) is 16.4. The number of nitrogens with zero attached hydrogens (tertiary/aromatic N) is 4. The molecule has 0 radical (unpaired) electrons. The highest BCUT2D eigenvalue weighted by atomic mass is 35.5. The first-order valence-corrected chi connectivity index (χ1v) is 10.2. The maximum Gasteiger partial charge on any atom is 0.262 e. The molecule has 7 nitrogen and oxygen atoms in total. The van der Waals surface area contributed by atoms with Crippen LogP contribution in [0.5, 0.6) is 0 Å². The zero-order chi connectivity index (χ0) is 18.9. The van der Waals surface area contributed by atoms with Crippen LogP contribution in [-0.2, 0) is 17.1 Å². The summed E-state index contributed by atoms with van der Waals surface area (Å²) in [6.45, 7) is 1.27. The number of aryl methyl sites for hydroxylation is 1. The van der Waals surface area contributed by atoms with Crippen molar-refractivity contribution in [1.82, 2.24) is 18.8 Å². The van der Waals surface area contributed by atoms with Crippen LogP contribution in [0.3, 0.4) is 0 Å². The maximum absolute atomic E-state index is 12.7. The monoisotopic (exact) mass is 416 g/mol.